The molecule has 3 aliphatic heterocycles. The quantitative estimate of drug-likeness (QED) is 0.522. The number of hydrogen-bond donors (Lipinski definition) is 0. The third kappa shape index (κ3) is 0.798. The molecular formula is C9H14O2. The van der Waals surface area contributed by atoms with E-state index in [9.17, 15) is 0 Å². The Hall–Kier alpha value is -0.0800. The fourth-order valence-corrected chi connectivity index (χ4v) is 2.94. The van der Waals surface area contributed by atoms with E-state index in [1.165, 1.54) is 19.3 Å². The van der Waals surface area contributed by atoms with Gasteiger partial charge in [0.2, 0.25) is 0 Å². The van der Waals surface area contributed by atoms with E-state index >= 15 is 0 Å². The molecule has 0 saturated carbocycles. The third-order valence-electron chi connectivity index (χ3n) is 3.50. The maximum atomic E-state index is 5.84. The van der Waals surface area contributed by atoms with Crippen LogP contribution in [0.1, 0.15) is 19.3 Å². The minimum Gasteiger partial charge on any atom is -0.381 e. The van der Waals surface area contributed by atoms with Gasteiger partial charge in [0.05, 0.1) is 18.8 Å². The van der Waals surface area contributed by atoms with Crippen LogP contribution in [0.25, 0.3) is 0 Å². The number of hydrogen-bond acceptors (Lipinski definition) is 2. The Morgan fingerprint density at radius 2 is 1.73 bits per heavy atom. The van der Waals surface area contributed by atoms with Gasteiger partial charge in [-0.1, -0.05) is 0 Å². The Labute approximate surface area is 66.9 Å². The van der Waals surface area contributed by atoms with Crippen LogP contribution < -0.4 is 0 Å². The molecule has 0 aliphatic carbocycles. The average Bonchev–Trinajstić information content (AvgIpc) is 2.64. The van der Waals surface area contributed by atoms with Crippen molar-refractivity contribution in [2.24, 2.45) is 11.8 Å². The smallest absolute Gasteiger partial charge is 0.0633 e. The van der Waals surface area contributed by atoms with Gasteiger partial charge in [-0.3, -0.25) is 0 Å². The Balaban J connectivity index is 1.84. The zero-order valence-corrected chi connectivity index (χ0v) is 6.66. The normalized spacial score (nSPS) is 54.5. The van der Waals surface area contributed by atoms with Gasteiger partial charge in [-0.05, 0) is 25.2 Å². The van der Waals surface area contributed by atoms with Crippen LogP contribution in [0, 0.1) is 11.8 Å². The zero-order chi connectivity index (χ0) is 7.26. The van der Waals surface area contributed by atoms with Crippen molar-refractivity contribution in [1.29, 1.82) is 0 Å². The van der Waals surface area contributed by atoms with E-state index in [4.69, 9.17) is 9.47 Å². The summed E-state index contributed by atoms with van der Waals surface area (Å²) in [7, 11) is 0. The molecule has 3 rings (SSSR count). The van der Waals surface area contributed by atoms with Crippen molar-refractivity contribution < 1.29 is 9.47 Å². The molecular weight excluding hydrogens is 140 g/mol. The van der Waals surface area contributed by atoms with Crippen LogP contribution in [0.3, 0.4) is 0 Å². The van der Waals surface area contributed by atoms with Crippen LogP contribution in [0.4, 0.5) is 0 Å². The first-order valence-electron chi connectivity index (χ1n) is 4.68. The highest BCUT2D eigenvalue weighted by Crippen LogP contribution is 2.46. The molecule has 62 valence electrons. The molecule has 0 aromatic heterocycles. The summed E-state index contributed by atoms with van der Waals surface area (Å²) in [5.41, 5.74) is 0. The first-order valence-corrected chi connectivity index (χ1v) is 4.68. The van der Waals surface area contributed by atoms with E-state index in [0.717, 1.165) is 25.0 Å². The van der Waals surface area contributed by atoms with Gasteiger partial charge in [-0.25, -0.2) is 0 Å². The number of rotatable bonds is 0. The molecule has 3 aliphatic rings. The molecule has 0 N–H and O–H groups in total. The second-order valence-electron chi connectivity index (χ2n) is 3.98. The van der Waals surface area contributed by atoms with Crippen LogP contribution in [-0.4, -0.2) is 25.4 Å². The van der Waals surface area contributed by atoms with Crippen LogP contribution in [0.5, 0.6) is 0 Å². The van der Waals surface area contributed by atoms with Gasteiger partial charge in [0.15, 0.2) is 0 Å². The lowest BCUT2D eigenvalue weighted by molar-refractivity contribution is 0.0106. The average molecular weight is 154 g/mol. The van der Waals surface area contributed by atoms with Crippen molar-refractivity contribution in [2.45, 2.75) is 31.5 Å². The second kappa shape index (κ2) is 2.20. The summed E-state index contributed by atoms with van der Waals surface area (Å²) in [6, 6.07) is 0. The van der Waals surface area contributed by atoms with Gasteiger partial charge in [-0.15, -0.1) is 0 Å². The zero-order valence-electron chi connectivity index (χ0n) is 6.66. The molecule has 0 aromatic carbocycles. The molecule has 2 heteroatoms. The van der Waals surface area contributed by atoms with Gasteiger partial charge in [-0.2, -0.15) is 0 Å². The van der Waals surface area contributed by atoms with Gasteiger partial charge in [0, 0.05) is 12.5 Å². The molecule has 3 saturated heterocycles. The molecule has 4 unspecified atom stereocenters. The largest absolute Gasteiger partial charge is 0.381 e. The van der Waals surface area contributed by atoms with E-state index in [1.807, 2.05) is 0 Å². The summed E-state index contributed by atoms with van der Waals surface area (Å²) in [5, 5.41) is 0. The highest BCUT2D eigenvalue weighted by molar-refractivity contribution is 4.97. The summed E-state index contributed by atoms with van der Waals surface area (Å²) in [4.78, 5) is 0. The molecule has 3 heterocycles. The van der Waals surface area contributed by atoms with Crippen molar-refractivity contribution in [3.05, 3.63) is 0 Å². The fraction of sp³-hybridized carbons (Fsp3) is 1.00. The second-order valence-corrected chi connectivity index (χ2v) is 3.98. The predicted molar refractivity (Wildman–Crippen MR) is 40.3 cm³/mol. The van der Waals surface area contributed by atoms with Crippen LogP contribution in [0.15, 0.2) is 0 Å². The monoisotopic (exact) mass is 154 g/mol. The van der Waals surface area contributed by atoms with Gasteiger partial charge in [0.1, 0.15) is 0 Å². The first-order chi connectivity index (χ1) is 5.45. The minimum absolute atomic E-state index is 0.560. The van der Waals surface area contributed by atoms with Crippen LogP contribution >= 0.6 is 0 Å². The summed E-state index contributed by atoms with van der Waals surface area (Å²) >= 11 is 0. The predicted octanol–water partition coefficient (Wildman–Crippen LogP) is 1.20. The molecule has 11 heavy (non-hydrogen) atoms. The van der Waals surface area contributed by atoms with Crippen molar-refractivity contribution in [3.8, 4) is 0 Å². The summed E-state index contributed by atoms with van der Waals surface area (Å²) in [5.74, 6) is 1.60. The van der Waals surface area contributed by atoms with Gasteiger partial charge < -0.3 is 9.47 Å². The topological polar surface area (TPSA) is 18.5 Å². The number of fused-ring (bicyclic) bond motifs is 5. The third-order valence-corrected chi connectivity index (χ3v) is 3.50. The summed E-state index contributed by atoms with van der Waals surface area (Å²) < 4.78 is 11.3. The van der Waals surface area contributed by atoms with E-state index in [0.29, 0.717) is 12.2 Å². The standard InChI is InChI=1S/C9H14O2/c1-2-9-7-5-10-4-3-6(7)8(1)11-9/h6-9H,1-5H2. The molecule has 0 amide bonds. The Bertz CT molecular complexity index is 151. The molecule has 2 nitrogen and oxygen atoms in total. The minimum atomic E-state index is 0.560. The van der Waals surface area contributed by atoms with Crippen molar-refractivity contribution >= 4 is 0 Å². The maximum Gasteiger partial charge on any atom is 0.0633 e. The Morgan fingerprint density at radius 3 is 2.55 bits per heavy atom. The molecule has 2 bridgehead atoms. The van der Waals surface area contributed by atoms with Crippen molar-refractivity contribution in [1.82, 2.24) is 0 Å². The van der Waals surface area contributed by atoms with Gasteiger partial charge in [0.25, 0.3) is 0 Å². The van der Waals surface area contributed by atoms with E-state index in [-0.39, 0.29) is 0 Å². The van der Waals surface area contributed by atoms with E-state index < -0.39 is 0 Å². The molecule has 0 radical (unpaired) electrons. The lowest BCUT2D eigenvalue weighted by Gasteiger charge is -2.31. The highest BCUT2D eigenvalue weighted by Gasteiger charge is 2.49. The SMILES string of the molecule is C1CC2C3CCC(O3)C2CO1. The fourth-order valence-electron chi connectivity index (χ4n) is 2.94. The van der Waals surface area contributed by atoms with Crippen LogP contribution in [0.2, 0.25) is 0 Å². The Morgan fingerprint density at radius 1 is 0.909 bits per heavy atom. The molecule has 0 spiro atoms. The van der Waals surface area contributed by atoms with Crippen molar-refractivity contribution in [3.63, 3.8) is 0 Å². The molecule has 4 atom stereocenters. The Kier molecular flexibility index (Phi) is 1.29. The first kappa shape index (κ1) is 6.44. The summed E-state index contributed by atoms with van der Waals surface area (Å²) in [6.45, 7) is 1.93. The summed E-state index contributed by atoms with van der Waals surface area (Å²) in [6.07, 6.45) is 5.01. The molecule has 0 aromatic rings. The van der Waals surface area contributed by atoms with Crippen LogP contribution in [-0.2, 0) is 9.47 Å². The maximum absolute atomic E-state index is 5.84. The lowest BCUT2D eigenvalue weighted by atomic mass is 9.77. The molecule has 3 fully saturated rings. The van der Waals surface area contributed by atoms with E-state index in [1.54, 1.807) is 0 Å². The highest BCUT2D eigenvalue weighted by atomic mass is 16.5. The number of ether oxygens (including phenoxy) is 2. The van der Waals surface area contributed by atoms with Gasteiger partial charge >= 0.3 is 0 Å². The van der Waals surface area contributed by atoms with Crippen molar-refractivity contribution in [2.75, 3.05) is 13.2 Å². The van der Waals surface area contributed by atoms with E-state index in [2.05, 4.69) is 0 Å². The lowest BCUT2D eigenvalue weighted by Crippen LogP contribution is -2.35.